The molecule has 2 rings (SSSR count). The molecular formula is C14H18N4O2. The van der Waals surface area contributed by atoms with E-state index in [0.29, 0.717) is 13.1 Å². The summed E-state index contributed by atoms with van der Waals surface area (Å²) in [5, 5.41) is 5.36. The van der Waals surface area contributed by atoms with Gasteiger partial charge in [0.05, 0.1) is 12.1 Å². The zero-order valence-electron chi connectivity index (χ0n) is 11.6. The number of carbonyl (C=O) groups is 2. The quantitative estimate of drug-likeness (QED) is 0.777. The Morgan fingerprint density at radius 2 is 2.05 bits per heavy atom. The monoisotopic (exact) mass is 274 g/mol. The third-order valence-electron chi connectivity index (χ3n) is 2.83. The molecule has 2 aromatic rings. The van der Waals surface area contributed by atoms with E-state index in [4.69, 9.17) is 0 Å². The van der Waals surface area contributed by atoms with Crippen molar-refractivity contribution in [3.05, 3.63) is 35.8 Å². The first-order valence-corrected chi connectivity index (χ1v) is 6.50. The van der Waals surface area contributed by atoms with E-state index in [1.807, 2.05) is 35.9 Å². The second-order valence-electron chi connectivity index (χ2n) is 4.71. The van der Waals surface area contributed by atoms with Crippen LogP contribution in [0.25, 0.3) is 5.65 Å². The van der Waals surface area contributed by atoms with E-state index in [1.54, 1.807) is 0 Å². The molecule has 0 unspecified atom stereocenters. The SMILES string of the molecule is CC(=O)NCCNC(=O)Cc1cn2ccc(C)cc2n1. The van der Waals surface area contributed by atoms with Gasteiger partial charge < -0.3 is 15.0 Å². The molecule has 0 spiro atoms. The van der Waals surface area contributed by atoms with Gasteiger partial charge in [0.1, 0.15) is 5.65 Å². The van der Waals surface area contributed by atoms with Crippen molar-refractivity contribution < 1.29 is 9.59 Å². The predicted molar refractivity (Wildman–Crippen MR) is 75.3 cm³/mol. The van der Waals surface area contributed by atoms with Gasteiger partial charge in [0.15, 0.2) is 0 Å². The molecule has 106 valence electrons. The second kappa shape index (κ2) is 6.18. The smallest absolute Gasteiger partial charge is 0.226 e. The lowest BCUT2D eigenvalue weighted by Crippen LogP contribution is -2.34. The van der Waals surface area contributed by atoms with Gasteiger partial charge in [-0.15, -0.1) is 0 Å². The van der Waals surface area contributed by atoms with Crippen LogP contribution in [-0.4, -0.2) is 34.3 Å². The van der Waals surface area contributed by atoms with Crippen LogP contribution < -0.4 is 10.6 Å². The van der Waals surface area contributed by atoms with Gasteiger partial charge in [-0.3, -0.25) is 9.59 Å². The number of hydrogen-bond acceptors (Lipinski definition) is 3. The van der Waals surface area contributed by atoms with Gasteiger partial charge in [-0.25, -0.2) is 4.98 Å². The van der Waals surface area contributed by atoms with E-state index in [2.05, 4.69) is 15.6 Å². The minimum Gasteiger partial charge on any atom is -0.355 e. The summed E-state index contributed by atoms with van der Waals surface area (Å²) < 4.78 is 1.90. The Bertz CT molecular complexity index is 633. The molecule has 6 nitrogen and oxygen atoms in total. The van der Waals surface area contributed by atoms with Crippen molar-refractivity contribution in [1.82, 2.24) is 20.0 Å². The standard InChI is InChI=1S/C14H18N4O2/c1-10-3-6-18-9-12(17-13(18)7-10)8-14(20)16-5-4-15-11(2)19/h3,6-7,9H,4-5,8H2,1-2H3,(H,15,19)(H,16,20). The summed E-state index contributed by atoms with van der Waals surface area (Å²) in [4.78, 5) is 26.8. The fourth-order valence-corrected chi connectivity index (χ4v) is 1.89. The highest BCUT2D eigenvalue weighted by Crippen LogP contribution is 2.07. The fourth-order valence-electron chi connectivity index (χ4n) is 1.89. The van der Waals surface area contributed by atoms with Gasteiger partial charge in [0, 0.05) is 32.4 Å². The van der Waals surface area contributed by atoms with E-state index in [0.717, 1.165) is 16.9 Å². The van der Waals surface area contributed by atoms with Crippen LogP contribution in [0.15, 0.2) is 24.5 Å². The zero-order chi connectivity index (χ0) is 14.5. The molecule has 0 bridgehead atoms. The maximum absolute atomic E-state index is 11.7. The zero-order valence-corrected chi connectivity index (χ0v) is 11.6. The lowest BCUT2D eigenvalue weighted by molar-refractivity contribution is -0.121. The number of nitrogens with zero attached hydrogens (tertiary/aromatic N) is 2. The van der Waals surface area contributed by atoms with Gasteiger partial charge in [-0.05, 0) is 24.6 Å². The molecule has 0 aliphatic rings. The third-order valence-corrected chi connectivity index (χ3v) is 2.83. The molecule has 0 aliphatic heterocycles. The number of carbonyl (C=O) groups excluding carboxylic acids is 2. The number of hydrogen-bond donors (Lipinski definition) is 2. The van der Waals surface area contributed by atoms with Gasteiger partial charge >= 0.3 is 0 Å². The largest absolute Gasteiger partial charge is 0.355 e. The van der Waals surface area contributed by atoms with Crippen molar-refractivity contribution in [3.63, 3.8) is 0 Å². The lowest BCUT2D eigenvalue weighted by atomic mass is 10.3. The van der Waals surface area contributed by atoms with Crippen LogP contribution >= 0.6 is 0 Å². The summed E-state index contributed by atoms with van der Waals surface area (Å²) >= 11 is 0. The topological polar surface area (TPSA) is 75.5 Å². The predicted octanol–water partition coefficient (Wildman–Crippen LogP) is 0.438. The van der Waals surface area contributed by atoms with E-state index in [1.165, 1.54) is 6.92 Å². The molecule has 0 saturated carbocycles. The first-order chi connectivity index (χ1) is 9.54. The molecule has 2 N–H and O–H groups in total. The number of aryl methyl sites for hydroxylation is 1. The number of pyridine rings is 1. The van der Waals surface area contributed by atoms with Crippen molar-refractivity contribution in [3.8, 4) is 0 Å². The number of amides is 2. The van der Waals surface area contributed by atoms with Crippen LogP contribution in [0, 0.1) is 6.92 Å². The second-order valence-corrected chi connectivity index (χ2v) is 4.71. The summed E-state index contributed by atoms with van der Waals surface area (Å²) in [5.74, 6) is -0.203. The number of rotatable bonds is 5. The minimum absolute atomic E-state index is 0.101. The highest BCUT2D eigenvalue weighted by atomic mass is 16.2. The van der Waals surface area contributed by atoms with E-state index >= 15 is 0 Å². The van der Waals surface area contributed by atoms with Crippen LogP contribution in [0.5, 0.6) is 0 Å². The Morgan fingerprint density at radius 3 is 2.80 bits per heavy atom. The molecule has 0 fully saturated rings. The molecular weight excluding hydrogens is 256 g/mol. The third kappa shape index (κ3) is 3.81. The molecule has 2 heterocycles. The average molecular weight is 274 g/mol. The summed E-state index contributed by atoms with van der Waals surface area (Å²) in [6.45, 7) is 4.31. The molecule has 0 aliphatic carbocycles. The number of fused-ring (bicyclic) bond motifs is 1. The van der Waals surface area contributed by atoms with Crippen molar-refractivity contribution in [2.75, 3.05) is 13.1 Å². The molecule has 6 heteroatoms. The maximum atomic E-state index is 11.7. The normalized spacial score (nSPS) is 10.5. The Labute approximate surface area is 117 Å². The molecule has 0 radical (unpaired) electrons. The Balaban J connectivity index is 1.88. The van der Waals surface area contributed by atoms with Gasteiger partial charge in [-0.2, -0.15) is 0 Å². The first-order valence-electron chi connectivity index (χ1n) is 6.50. The van der Waals surface area contributed by atoms with Crippen molar-refractivity contribution in [2.24, 2.45) is 0 Å². The number of nitrogens with one attached hydrogen (secondary N) is 2. The molecule has 2 aromatic heterocycles. The molecule has 0 aromatic carbocycles. The Kier molecular flexibility index (Phi) is 4.34. The first kappa shape index (κ1) is 14.0. The number of imidazole rings is 1. The summed E-state index contributed by atoms with van der Waals surface area (Å²) in [7, 11) is 0. The highest BCUT2D eigenvalue weighted by molar-refractivity contribution is 5.78. The average Bonchev–Trinajstić information content (AvgIpc) is 2.75. The van der Waals surface area contributed by atoms with Crippen molar-refractivity contribution in [1.29, 1.82) is 0 Å². The van der Waals surface area contributed by atoms with Crippen LogP contribution in [0.1, 0.15) is 18.2 Å². The summed E-state index contributed by atoms with van der Waals surface area (Å²) in [5.41, 5.74) is 2.70. The lowest BCUT2D eigenvalue weighted by Gasteiger charge is -2.04. The fraction of sp³-hybridized carbons (Fsp3) is 0.357. The molecule has 0 atom stereocenters. The van der Waals surface area contributed by atoms with Crippen molar-refractivity contribution in [2.45, 2.75) is 20.3 Å². The van der Waals surface area contributed by atoms with Crippen molar-refractivity contribution >= 4 is 17.5 Å². The van der Waals surface area contributed by atoms with Crippen LogP contribution in [0.3, 0.4) is 0 Å². The minimum atomic E-state index is -0.102. The molecule has 20 heavy (non-hydrogen) atoms. The van der Waals surface area contributed by atoms with E-state index in [-0.39, 0.29) is 18.2 Å². The Hall–Kier alpha value is -2.37. The number of aromatic nitrogens is 2. The van der Waals surface area contributed by atoms with Gasteiger partial charge in [0.25, 0.3) is 0 Å². The summed E-state index contributed by atoms with van der Waals surface area (Å²) in [6, 6.07) is 3.96. The van der Waals surface area contributed by atoms with Crippen LogP contribution in [-0.2, 0) is 16.0 Å². The van der Waals surface area contributed by atoms with Gasteiger partial charge in [-0.1, -0.05) is 0 Å². The molecule has 0 saturated heterocycles. The van der Waals surface area contributed by atoms with Crippen LogP contribution in [0.4, 0.5) is 0 Å². The highest BCUT2D eigenvalue weighted by Gasteiger charge is 2.07. The maximum Gasteiger partial charge on any atom is 0.226 e. The van der Waals surface area contributed by atoms with Crippen LogP contribution in [0.2, 0.25) is 0 Å². The van der Waals surface area contributed by atoms with Gasteiger partial charge in [0.2, 0.25) is 11.8 Å². The summed E-state index contributed by atoms with van der Waals surface area (Å²) in [6.07, 6.45) is 4.01. The molecule has 2 amide bonds. The van der Waals surface area contributed by atoms with E-state index in [9.17, 15) is 9.59 Å². The van der Waals surface area contributed by atoms with E-state index < -0.39 is 0 Å². The Morgan fingerprint density at radius 1 is 1.30 bits per heavy atom.